The van der Waals surface area contributed by atoms with Crippen molar-refractivity contribution in [3.05, 3.63) is 25.3 Å². The molecule has 10 nitrogen and oxygen atoms in total. The van der Waals surface area contributed by atoms with E-state index >= 15 is 0 Å². The minimum absolute atomic E-state index is 0.0972. The number of allylic oxidation sites excluding steroid dienone is 1. The van der Waals surface area contributed by atoms with Crippen molar-refractivity contribution in [3.8, 4) is 0 Å². The topological polar surface area (TPSA) is 125 Å². The highest BCUT2D eigenvalue weighted by Crippen LogP contribution is 2.61. The van der Waals surface area contributed by atoms with Crippen molar-refractivity contribution in [1.29, 1.82) is 0 Å². The summed E-state index contributed by atoms with van der Waals surface area (Å²) in [6.45, 7) is 15.7. The van der Waals surface area contributed by atoms with Gasteiger partial charge < -0.3 is 29.7 Å². The number of unbranched alkanes of at least 4 members (excludes halogenated alkanes) is 1. The van der Waals surface area contributed by atoms with E-state index in [2.05, 4.69) is 34.4 Å². The maximum atomic E-state index is 14.4. The molecule has 0 radical (unpaired) electrons. The summed E-state index contributed by atoms with van der Waals surface area (Å²) in [5, 5.41) is 13.3. The third-order valence-corrected chi connectivity index (χ3v) is 9.85. The molecule has 3 fully saturated rings. The van der Waals surface area contributed by atoms with Crippen molar-refractivity contribution < 1.29 is 33.8 Å². The molecule has 0 saturated carbocycles. The zero-order chi connectivity index (χ0) is 31.2. The van der Waals surface area contributed by atoms with Crippen molar-refractivity contribution >= 4 is 39.6 Å². The Morgan fingerprint density at radius 2 is 2.00 bits per heavy atom. The number of carbonyl (C=O) groups is 4. The first kappa shape index (κ1) is 34.3. The zero-order valence-corrected chi connectivity index (χ0v) is 27.0. The van der Waals surface area contributed by atoms with Gasteiger partial charge in [-0.2, -0.15) is 0 Å². The second kappa shape index (κ2) is 15.0. The first-order chi connectivity index (χ1) is 20.0. The summed E-state index contributed by atoms with van der Waals surface area (Å²) in [5.41, 5.74) is -1.24. The van der Waals surface area contributed by atoms with Crippen LogP contribution in [0.15, 0.2) is 25.3 Å². The van der Waals surface area contributed by atoms with Crippen LogP contribution in [-0.2, 0) is 28.7 Å². The van der Waals surface area contributed by atoms with E-state index in [4.69, 9.17) is 9.47 Å². The van der Waals surface area contributed by atoms with Gasteiger partial charge in [0, 0.05) is 24.3 Å². The molecule has 0 aromatic rings. The van der Waals surface area contributed by atoms with Crippen LogP contribution in [0.2, 0.25) is 0 Å². The lowest BCUT2D eigenvalue weighted by Crippen LogP contribution is -2.60. The Labute approximate surface area is 258 Å². The molecule has 3 heterocycles. The van der Waals surface area contributed by atoms with Crippen LogP contribution in [0.25, 0.3) is 0 Å². The summed E-state index contributed by atoms with van der Waals surface area (Å²) in [7, 11) is 0. The monoisotopic (exact) mass is 653 g/mol. The number of esters is 1. The van der Waals surface area contributed by atoms with E-state index in [1.807, 2.05) is 20.8 Å². The predicted octanol–water partition coefficient (Wildman–Crippen LogP) is 2.97. The van der Waals surface area contributed by atoms with Crippen LogP contribution in [-0.4, -0.2) is 99.6 Å². The molecule has 2 N–H and O–H groups in total. The lowest BCUT2D eigenvalue weighted by atomic mass is 9.70. The summed E-state index contributed by atoms with van der Waals surface area (Å²) >= 11 is 3.68. The maximum Gasteiger partial charge on any atom is 0.312 e. The van der Waals surface area contributed by atoms with Gasteiger partial charge in [-0.3, -0.25) is 19.2 Å². The van der Waals surface area contributed by atoms with Gasteiger partial charge in [0.05, 0.1) is 37.1 Å². The van der Waals surface area contributed by atoms with Gasteiger partial charge in [-0.15, -0.1) is 13.2 Å². The molecule has 3 saturated heterocycles. The molecule has 11 heteroatoms. The standard InChI is InChI=1S/C31H48BrN3O7/c1-7-11-13-23(37)33-17-20(6)41-30(40)24-25-28(38)35(22(18-36)19(5)10-4)27(31(25)16-21(32)26(24)42-31)29(39)34(14-9-3)15-12-8-2/h7,9,19-22,24-27,36H,1,3,8,10-18H2,2,4-6H3,(H,33,37)/t19-,20-,21?,22-,24-,25+,26-,27-,31+/m0/s1. The first-order valence-electron chi connectivity index (χ1n) is 15.2. The number of nitrogens with one attached hydrogen (secondary N) is 1. The Hall–Kier alpha value is -2.24. The number of likely N-dealkylation sites (tertiary alicyclic amines) is 1. The van der Waals surface area contributed by atoms with Crippen LogP contribution in [0.3, 0.4) is 0 Å². The Kier molecular flexibility index (Phi) is 12.2. The molecule has 3 aliphatic heterocycles. The highest BCUT2D eigenvalue weighted by atomic mass is 79.9. The largest absolute Gasteiger partial charge is 0.460 e. The lowest BCUT2D eigenvalue weighted by Gasteiger charge is -2.41. The number of fused-ring (bicyclic) bond motifs is 1. The maximum absolute atomic E-state index is 14.4. The minimum Gasteiger partial charge on any atom is -0.460 e. The van der Waals surface area contributed by atoms with Crippen molar-refractivity contribution in [2.45, 2.75) is 101 Å². The molecule has 0 aromatic carbocycles. The molecule has 42 heavy (non-hydrogen) atoms. The fourth-order valence-electron chi connectivity index (χ4n) is 6.65. The van der Waals surface area contributed by atoms with E-state index < -0.39 is 47.7 Å². The van der Waals surface area contributed by atoms with E-state index in [1.165, 1.54) is 4.90 Å². The Morgan fingerprint density at radius 1 is 1.29 bits per heavy atom. The van der Waals surface area contributed by atoms with Gasteiger partial charge in [0.2, 0.25) is 17.7 Å². The fraction of sp³-hybridized carbons (Fsp3) is 0.742. The number of ether oxygens (including phenoxy) is 2. The van der Waals surface area contributed by atoms with Crippen LogP contribution in [0, 0.1) is 17.8 Å². The number of rotatable bonds is 17. The summed E-state index contributed by atoms with van der Waals surface area (Å²) in [6, 6.07) is -1.62. The van der Waals surface area contributed by atoms with Crippen LogP contribution in [0.4, 0.5) is 0 Å². The third-order valence-electron chi connectivity index (χ3n) is 9.00. The molecule has 0 aliphatic carbocycles. The number of hydrogen-bond donors (Lipinski definition) is 2. The van der Waals surface area contributed by atoms with Gasteiger partial charge in [0.15, 0.2) is 0 Å². The molecule has 2 bridgehead atoms. The number of hydrogen-bond acceptors (Lipinski definition) is 7. The van der Waals surface area contributed by atoms with E-state index in [1.54, 1.807) is 24.0 Å². The molecular weight excluding hydrogens is 606 g/mol. The van der Waals surface area contributed by atoms with Gasteiger partial charge in [-0.05, 0) is 32.1 Å². The summed E-state index contributed by atoms with van der Waals surface area (Å²) < 4.78 is 12.4. The molecule has 3 aliphatic rings. The number of aliphatic hydroxyl groups excluding tert-OH is 1. The normalized spacial score (nSPS) is 29.9. The predicted molar refractivity (Wildman–Crippen MR) is 163 cm³/mol. The Morgan fingerprint density at radius 3 is 2.60 bits per heavy atom. The van der Waals surface area contributed by atoms with Crippen LogP contribution >= 0.6 is 15.9 Å². The highest BCUT2D eigenvalue weighted by molar-refractivity contribution is 9.09. The molecule has 3 amide bonds. The second-order valence-corrected chi connectivity index (χ2v) is 13.0. The molecule has 9 atom stereocenters. The zero-order valence-electron chi connectivity index (χ0n) is 25.4. The molecule has 236 valence electrons. The van der Waals surface area contributed by atoms with E-state index in [9.17, 15) is 24.3 Å². The molecule has 1 unspecified atom stereocenters. The third kappa shape index (κ3) is 6.63. The summed E-state index contributed by atoms with van der Waals surface area (Å²) in [5.74, 6) is -3.35. The van der Waals surface area contributed by atoms with Crippen LogP contribution in [0.1, 0.15) is 66.2 Å². The summed E-state index contributed by atoms with van der Waals surface area (Å²) in [6.07, 6.45) is 5.60. The van der Waals surface area contributed by atoms with Gasteiger partial charge in [0.1, 0.15) is 17.7 Å². The van der Waals surface area contributed by atoms with E-state index in [-0.39, 0.29) is 41.6 Å². The number of alkyl halides is 1. The fourth-order valence-corrected chi connectivity index (χ4v) is 7.60. The van der Waals surface area contributed by atoms with E-state index in [0.717, 1.165) is 12.8 Å². The van der Waals surface area contributed by atoms with Crippen molar-refractivity contribution in [2.24, 2.45) is 17.8 Å². The minimum atomic E-state index is -1.24. The average Bonchev–Trinajstić information content (AvgIpc) is 3.56. The SMILES string of the molecule is C=CCCC(=O)NC[C@H](C)OC(=O)[C@@H]1[C@H]2O[C@@]3(CC2Br)[C@H](C(=O)N(CC=C)CCCC)N([C@@H](CO)[C@@H](C)CC)C(=O)[C@@H]13. The van der Waals surface area contributed by atoms with Crippen LogP contribution < -0.4 is 5.32 Å². The quantitative estimate of drug-likeness (QED) is 0.140. The second-order valence-electron chi connectivity index (χ2n) is 11.8. The van der Waals surface area contributed by atoms with Gasteiger partial charge in [0.25, 0.3) is 0 Å². The number of halogens is 1. The van der Waals surface area contributed by atoms with Crippen LogP contribution in [0.5, 0.6) is 0 Å². The first-order valence-corrected chi connectivity index (χ1v) is 16.2. The van der Waals surface area contributed by atoms with Crippen molar-refractivity contribution in [3.63, 3.8) is 0 Å². The molecule has 1 spiro atoms. The van der Waals surface area contributed by atoms with Crippen molar-refractivity contribution in [1.82, 2.24) is 15.1 Å². The van der Waals surface area contributed by atoms with E-state index in [0.29, 0.717) is 38.8 Å². The number of amides is 3. The van der Waals surface area contributed by atoms with Gasteiger partial charge in [-0.1, -0.05) is 61.7 Å². The molecule has 0 aromatic heterocycles. The molecular formula is C31H48BrN3O7. The smallest absolute Gasteiger partial charge is 0.312 e. The number of carbonyl (C=O) groups excluding carboxylic acids is 4. The van der Waals surface area contributed by atoms with Crippen molar-refractivity contribution in [2.75, 3.05) is 26.2 Å². The number of aliphatic hydroxyl groups is 1. The van der Waals surface area contributed by atoms with Gasteiger partial charge >= 0.3 is 5.97 Å². The Bertz CT molecular complexity index is 1020. The Balaban J connectivity index is 1.96. The van der Waals surface area contributed by atoms with Gasteiger partial charge in [-0.25, -0.2) is 0 Å². The number of nitrogens with zero attached hydrogens (tertiary/aromatic N) is 2. The highest BCUT2D eigenvalue weighted by Gasteiger charge is 2.77. The lowest BCUT2D eigenvalue weighted by molar-refractivity contribution is -0.160. The summed E-state index contributed by atoms with van der Waals surface area (Å²) in [4.78, 5) is 57.4. The average molecular weight is 655 g/mol. The molecule has 3 rings (SSSR count).